The molecule has 1 aliphatic heterocycles. The third-order valence-electron chi connectivity index (χ3n) is 4.81. The molecule has 6 heteroatoms. The topological polar surface area (TPSA) is 69.6 Å². The van der Waals surface area contributed by atoms with Crippen molar-refractivity contribution in [3.63, 3.8) is 0 Å². The molecule has 0 unspecified atom stereocenters. The van der Waals surface area contributed by atoms with E-state index in [0.29, 0.717) is 23.4 Å². The number of hydrogen-bond acceptors (Lipinski definition) is 3. The first-order chi connectivity index (χ1) is 11.0. The first kappa shape index (κ1) is 16.3. The Morgan fingerprint density at radius 3 is 2.35 bits per heavy atom. The number of urea groups is 1. The van der Waals surface area contributed by atoms with Gasteiger partial charge in [-0.1, -0.05) is 49.4 Å². The maximum atomic E-state index is 12.8. The van der Waals surface area contributed by atoms with Gasteiger partial charge in [0.15, 0.2) is 0 Å². The summed E-state index contributed by atoms with van der Waals surface area (Å²) in [7, 11) is 0. The Morgan fingerprint density at radius 1 is 1.13 bits per heavy atom. The Morgan fingerprint density at radius 2 is 1.74 bits per heavy atom. The number of rotatable bonds is 3. The molecular formula is C17H21ClN2O3. The molecular weight excluding hydrogens is 316 g/mol. The zero-order chi connectivity index (χ0) is 16.4. The van der Waals surface area contributed by atoms with Crippen molar-refractivity contribution in [2.24, 2.45) is 0 Å². The van der Waals surface area contributed by atoms with E-state index in [9.17, 15) is 14.7 Å². The van der Waals surface area contributed by atoms with Crippen molar-refractivity contribution in [2.45, 2.75) is 50.2 Å². The number of nitrogens with one attached hydrogen (secondary N) is 1. The number of carbonyl (C=O) groups excluding carboxylic acids is 2. The SMILES string of the molecule is O=C1NC2(CCCCCC2)C(=O)N1C[C@@H](O)c1ccc(Cl)cc1. The Balaban J connectivity index is 1.73. The van der Waals surface area contributed by atoms with E-state index in [1.54, 1.807) is 24.3 Å². The molecule has 1 aromatic carbocycles. The van der Waals surface area contributed by atoms with Crippen LogP contribution in [0.1, 0.15) is 50.2 Å². The highest BCUT2D eigenvalue weighted by atomic mass is 35.5. The number of nitrogens with zero attached hydrogens (tertiary/aromatic N) is 1. The fraction of sp³-hybridized carbons (Fsp3) is 0.529. The minimum absolute atomic E-state index is 0.0337. The van der Waals surface area contributed by atoms with Crippen molar-refractivity contribution >= 4 is 23.5 Å². The lowest BCUT2D eigenvalue weighted by molar-refractivity contribution is -0.132. The Kier molecular flexibility index (Phi) is 4.60. The summed E-state index contributed by atoms with van der Waals surface area (Å²) in [5.74, 6) is -0.197. The van der Waals surface area contributed by atoms with Gasteiger partial charge in [0.05, 0.1) is 12.6 Å². The molecule has 3 amide bonds. The molecule has 5 nitrogen and oxygen atoms in total. The van der Waals surface area contributed by atoms with Crippen LogP contribution in [0.5, 0.6) is 0 Å². The molecule has 3 rings (SSSR count). The fourth-order valence-corrected chi connectivity index (χ4v) is 3.60. The lowest BCUT2D eigenvalue weighted by atomic mass is 9.90. The van der Waals surface area contributed by atoms with Crippen LogP contribution in [0.3, 0.4) is 0 Å². The highest BCUT2D eigenvalue weighted by Crippen LogP contribution is 2.33. The van der Waals surface area contributed by atoms with E-state index >= 15 is 0 Å². The molecule has 0 aromatic heterocycles. The van der Waals surface area contributed by atoms with E-state index in [-0.39, 0.29) is 12.5 Å². The molecule has 124 valence electrons. The second-order valence-corrected chi connectivity index (χ2v) is 6.85. The number of amides is 3. The number of aliphatic hydroxyl groups is 1. The minimum atomic E-state index is -0.914. The predicted octanol–water partition coefficient (Wildman–Crippen LogP) is 3.02. The Hall–Kier alpha value is -1.59. The quantitative estimate of drug-likeness (QED) is 0.834. The number of imide groups is 1. The standard InChI is InChI=1S/C17H21ClN2O3/c18-13-7-5-12(6-8-13)14(21)11-20-15(22)17(19-16(20)23)9-3-1-2-4-10-17/h5-8,14,21H,1-4,9-11H2,(H,19,23)/t14-/m1/s1. The average Bonchev–Trinajstić information content (AvgIpc) is 2.72. The van der Waals surface area contributed by atoms with Crippen LogP contribution in [-0.2, 0) is 4.79 Å². The highest BCUT2D eigenvalue weighted by Gasteiger charge is 2.50. The molecule has 1 saturated heterocycles. The first-order valence-electron chi connectivity index (χ1n) is 8.09. The van der Waals surface area contributed by atoms with Gasteiger partial charge < -0.3 is 10.4 Å². The van der Waals surface area contributed by atoms with Gasteiger partial charge in [-0.05, 0) is 30.5 Å². The maximum absolute atomic E-state index is 12.8. The third-order valence-corrected chi connectivity index (χ3v) is 5.07. The third kappa shape index (κ3) is 3.21. The van der Waals surface area contributed by atoms with Gasteiger partial charge in [-0.25, -0.2) is 4.79 Å². The maximum Gasteiger partial charge on any atom is 0.325 e. The van der Waals surface area contributed by atoms with Crippen molar-refractivity contribution in [3.8, 4) is 0 Å². The summed E-state index contributed by atoms with van der Waals surface area (Å²) in [6, 6.07) is 6.36. The molecule has 0 radical (unpaired) electrons. The monoisotopic (exact) mass is 336 g/mol. The number of hydrogen-bond donors (Lipinski definition) is 2. The van der Waals surface area contributed by atoms with E-state index in [0.717, 1.165) is 30.6 Å². The van der Waals surface area contributed by atoms with Gasteiger partial charge in [-0.15, -0.1) is 0 Å². The van der Waals surface area contributed by atoms with Gasteiger partial charge in [-0.3, -0.25) is 9.69 Å². The molecule has 2 N–H and O–H groups in total. The number of β-amino-alcohol motifs (C(OH)–C–C–N with tert-alkyl or cyclic N) is 1. The van der Waals surface area contributed by atoms with E-state index in [1.807, 2.05) is 0 Å². The smallest absolute Gasteiger partial charge is 0.325 e. The summed E-state index contributed by atoms with van der Waals surface area (Å²) in [4.78, 5) is 26.2. The van der Waals surface area contributed by atoms with Crippen LogP contribution in [0.25, 0.3) is 0 Å². The van der Waals surface area contributed by atoms with Gasteiger partial charge in [0, 0.05) is 5.02 Å². The van der Waals surface area contributed by atoms with E-state index in [1.165, 1.54) is 0 Å². The largest absolute Gasteiger partial charge is 0.387 e. The normalized spacial score (nSPS) is 22.1. The van der Waals surface area contributed by atoms with E-state index in [4.69, 9.17) is 11.6 Å². The molecule has 0 bridgehead atoms. The van der Waals surface area contributed by atoms with Crippen LogP contribution in [0.15, 0.2) is 24.3 Å². The molecule has 2 aliphatic rings. The van der Waals surface area contributed by atoms with Crippen molar-refractivity contribution in [1.82, 2.24) is 10.2 Å². The van der Waals surface area contributed by atoms with Gasteiger partial charge >= 0.3 is 6.03 Å². The molecule has 1 saturated carbocycles. The molecule has 1 aliphatic carbocycles. The minimum Gasteiger partial charge on any atom is -0.387 e. The molecule has 1 spiro atoms. The van der Waals surface area contributed by atoms with Gasteiger partial charge in [0.2, 0.25) is 0 Å². The zero-order valence-electron chi connectivity index (χ0n) is 12.9. The summed E-state index contributed by atoms with van der Waals surface area (Å²) in [6.45, 7) is -0.0337. The van der Waals surface area contributed by atoms with Crippen LogP contribution in [0, 0.1) is 0 Å². The lowest BCUT2D eigenvalue weighted by Crippen LogP contribution is -2.46. The van der Waals surface area contributed by atoms with Crippen LogP contribution < -0.4 is 5.32 Å². The second kappa shape index (κ2) is 6.49. The van der Waals surface area contributed by atoms with Crippen molar-refractivity contribution in [2.75, 3.05) is 6.54 Å². The van der Waals surface area contributed by atoms with Crippen LogP contribution >= 0.6 is 11.6 Å². The van der Waals surface area contributed by atoms with Gasteiger partial charge in [0.25, 0.3) is 5.91 Å². The van der Waals surface area contributed by atoms with E-state index in [2.05, 4.69) is 5.32 Å². The summed E-state index contributed by atoms with van der Waals surface area (Å²) in [6.07, 6.45) is 4.54. The Bertz CT molecular complexity index is 594. The van der Waals surface area contributed by atoms with Crippen LogP contribution in [0.2, 0.25) is 5.02 Å². The van der Waals surface area contributed by atoms with Gasteiger partial charge in [-0.2, -0.15) is 0 Å². The number of aliphatic hydroxyl groups excluding tert-OH is 1. The summed E-state index contributed by atoms with van der Waals surface area (Å²) in [5, 5.41) is 13.8. The summed E-state index contributed by atoms with van der Waals surface area (Å²) in [5.41, 5.74) is -0.121. The molecule has 2 fully saturated rings. The Labute approximate surface area is 140 Å². The number of halogens is 1. The van der Waals surface area contributed by atoms with Gasteiger partial charge in [0.1, 0.15) is 5.54 Å². The predicted molar refractivity (Wildman–Crippen MR) is 87.1 cm³/mol. The number of benzene rings is 1. The van der Waals surface area contributed by atoms with Crippen molar-refractivity contribution < 1.29 is 14.7 Å². The second-order valence-electron chi connectivity index (χ2n) is 6.41. The van der Waals surface area contributed by atoms with Crippen molar-refractivity contribution in [3.05, 3.63) is 34.9 Å². The molecule has 1 heterocycles. The molecule has 23 heavy (non-hydrogen) atoms. The van der Waals surface area contributed by atoms with Crippen LogP contribution in [-0.4, -0.2) is 34.0 Å². The number of carbonyl (C=O) groups is 2. The summed E-state index contributed by atoms with van der Waals surface area (Å²) >= 11 is 5.84. The zero-order valence-corrected chi connectivity index (χ0v) is 13.7. The first-order valence-corrected chi connectivity index (χ1v) is 8.47. The van der Waals surface area contributed by atoms with Crippen LogP contribution in [0.4, 0.5) is 4.79 Å². The van der Waals surface area contributed by atoms with Crippen molar-refractivity contribution in [1.29, 1.82) is 0 Å². The highest BCUT2D eigenvalue weighted by molar-refractivity contribution is 6.30. The average molecular weight is 337 g/mol. The molecule has 1 aromatic rings. The lowest BCUT2D eigenvalue weighted by Gasteiger charge is -2.25. The summed E-state index contributed by atoms with van der Waals surface area (Å²) < 4.78 is 0. The molecule has 1 atom stereocenters. The van der Waals surface area contributed by atoms with E-state index < -0.39 is 17.7 Å². The fourth-order valence-electron chi connectivity index (χ4n) is 3.48.